The van der Waals surface area contributed by atoms with Crippen LogP contribution in [-0.2, 0) is 32.7 Å². The van der Waals surface area contributed by atoms with Gasteiger partial charge in [0.2, 0.25) is 0 Å². The molecule has 0 saturated carbocycles. The van der Waals surface area contributed by atoms with Crippen LogP contribution in [0.2, 0.25) is 0 Å². The van der Waals surface area contributed by atoms with Crippen LogP contribution in [0, 0.1) is 0 Å². The van der Waals surface area contributed by atoms with Gasteiger partial charge in [-0.15, -0.1) is 0 Å². The quantitative estimate of drug-likeness (QED) is 0.0211. The van der Waals surface area contributed by atoms with Crippen molar-refractivity contribution in [3.05, 3.63) is 122 Å². The van der Waals surface area contributed by atoms with Gasteiger partial charge in [-0.1, -0.05) is 322 Å². The Morgan fingerprint density at radius 2 is 0.633 bits per heavy atom. The van der Waals surface area contributed by atoms with E-state index in [2.05, 4.69) is 135 Å². The fourth-order valence-corrected chi connectivity index (χ4v) is 11.0. The Kier molecular flexibility index (Phi) is 67.0. The molecule has 0 aliphatic carbocycles. The van der Waals surface area contributed by atoms with Gasteiger partial charge in [-0.3, -0.25) is 18.6 Å². The van der Waals surface area contributed by atoms with Crippen LogP contribution in [0.1, 0.15) is 322 Å². The second-order valence-electron chi connectivity index (χ2n) is 25.9. The molecule has 0 saturated heterocycles. The van der Waals surface area contributed by atoms with Crippen LogP contribution in [0.15, 0.2) is 122 Å². The molecular formula is C80H141NO8P+. The highest BCUT2D eigenvalue weighted by Gasteiger charge is 2.27. The molecule has 90 heavy (non-hydrogen) atoms. The van der Waals surface area contributed by atoms with Gasteiger partial charge in [0.05, 0.1) is 27.7 Å². The highest BCUT2D eigenvalue weighted by Crippen LogP contribution is 2.43. The number of allylic oxidation sites excluding steroid dienone is 20. The Morgan fingerprint density at radius 3 is 0.944 bits per heavy atom. The number of esters is 2. The maximum Gasteiger partial charge on any atom is 0.472 e. The van der Waals surface area contributed by atoms with E-state index in [9.17, 15) is 19.0 Å². The van der Waals surface area contributed by atoms with Gasteiger partial charge in [0.1, 0.15) is 19.8 Å². The molecule has 0 aromatic carbocycles. The van der Waals surface area contributed by atoms with E-state index in [0.29, 0.717) is 17.4 Å². The minimum absolute atomic E-state index is 0.0279. The van der Waals surface area contributed by atoms with Crippen LogP contribution >= 0.6 is 7.82 Å². The second-order valence-corrected chi connectivity index (χ2v) is 27.4. The van der Waals surface area contributed by atoms with Crippen molar-refractivity contribution < 1.29 is 42.1 Å². The normalized spacial score (nSPS) is 13.8. The summed E-state index contributed by atoms with van der Waals surface area (Å²) in [5, 5.41) is 0. The molecule has 0 heterocycles. The standard InChI is InChI=1S/C80H140NO8P/c1-6-8-10-12-14-16-18-20-22-24-26-28-30-32-34-36-37-38-39-40-41-42-43-45-47-49-51-53-55-57-59-61-63-65-67-69-71-73-80(83)89-78(77-88-90(84,85)87-75-74-81(3,4)5)76-86-79(82)72-70-68-66-64-62-60-58-56-54-52-50-48-46-44-35-33-31-29-27-25-23-21-19-17-15-13-11-9-7-2/h8,10,14,16,19-22,25-28,32,34,37-38,40-41,43,45,78H,6-7,9,11-13,15,17-18,23-24,29-31,33,35-36,39,42,44,46-77H2,1-5H3/p+1/b10-8-,16-14-,21-19-,22-20-,27-25-,28-26-,34-32-,38-37-,41-40-,45-43-. The minimum atomic E-state index is -4.40. The van der Waals surface area contributed by atoms with Gasteiger partial charge in [-0.05, 0) is 109 Å². The van der Waals surface area contributed by atoms with E-state index in [4.69, 9.17) is 18.5 Å². The first kappa shape index (κ1) is 86.4. The van der Waals surface area contributed by atoms with Gasteiger partial charge >= 0.3 is 19.8 Å². The third kappa shape index (κ3) is 73.5. The Balaban J connectivity index is 4.04. The second kappa shape index (κ2) is 69.7. The predicted octanol–water partition coefficient (Wildman–Crippen LogP) is 24.6. The SMILES string of the molecule is CC/C=C\C/C=C\C/C=C\C/C=C\C/C=C\C/C=C\C/C=C\C/C=C\CCCCCCCCCCCCCCC(=O)OC(COC(=O)CCCCCCCCCCCCCCCCCCC/C=C\C/C=C\CCCCCCC)COP(=O)(O)OCC[N+](C)(C)C. The lowest BCUT2D eigenvalue weighted by molar-refractivity contribution is -0.870. The maximum absolute atomic E-state index is 12.9. The van der Waals surface area contributed by atoms with Gasteiger partial charge in [0.15, 0.2) is 6.10 Å². The van der Waals surface area contributed by atoms with Crippen LogP contribution < -0.4 is 0 Å². The lowest BCUT2D eigenvalue weighted by Gasteiger charge is -2.24. The topological polar surface area (TPSA) is 108 Å². The number of quaternary nitrogens is 1. The van der Waals surface area contributed by atoms with Crippen molar-refractivity contribution in [1.82, 2.24) is 0 Å². The molecule has 0 bridgehead atoms. The largest absolute Gasteiger partial charge is 0.472 e. The third-order valence-electron chi connectivity index (χ3n) is 16.0. The summed E-state index contributed by atoms with van der Waals surface area (Å²) in [5.74, 6) is -0.793. The lowest BCUT2D eigenvalue weighted by Crippen LogP contribution is -2.37. The van der Waals surface area contributed by atoms with E-state index >= 15 is 0 Å². The summed E-state index contributed by atoms with van der Waals surface area (Å²) < 4.78 is 34.8. The van der Waals surface area contributed by atoms with Crippen LogP contribution in [0.5, 0.6) is 0 Å². The first-order chi connectivity index (χ1) is 44.0. The smallest absolute Gasteiger partial charge is 0.462 e. The zero-order valence-corrected chi connectivity index (χ0v) is 60.0. The number of carbonyl (C=O) groups is 2. The number of phosphoric ester groups is 1. The summed E-state index contributed by atoms with van der Waals surface area (Å²) in [5.41, 5.74) is 0. The molecule has 0 amide bonds. The molecule has 0 fully saturated rings. The third-order valence-corrected chi connectivity index (χ3v) is 17.0. The zero-order chi connectivity index (χ0) is 65.5. The average Bonchev–Trinajstić information content (AvgIpc) is 3.58. The van der Waals surface area contributed by atoms with E-state index in [1.165, 1.54) is 193 Å². The average molecular weight is 1280 g/mol. The van der Waals surface area contributed by atoms with E-state index < -0.39 is 26.5 Å². The van der Waals surface area contributed by atoms with Gasteiger partial charge in [0.25, 0.3) is 0 Å². The number of nitrogens with zero attached hydrogens (tertiary/aromatic N) is 1. The Morgan fingerprint density at radius 1 is 0.356 bits per heavy atom. The van der Waals surface area contributed by atoms with Crippen LogP contribution in [0.25, 0.3) is 0 Å². The molecule has 10 heteroatoms. The van der Waals surface area contributed by atoms with E-state index in [1.807, 2.05) is 21.1 Å². The number of ether oxygens (including phenoxy) is 2. The first-order valence-electron chi connectivity index (χ1n) is 37.3. The molecule has 0 aliphatic rings. The van der Waals surface area contributed by atoms with Crippen molar-refractivity contribution in [3.63, 3.8) is 0 Å². The molecule has 0 aromatic rings. The summed E-state index contributed by atoms with van der Waals surface area (Å²) in [6.07, 6.45) is 100. The van der Waals surface area contributed by atoms with Gasteiger partial charge < -0.3 is 18.9 Å². The van der Waals surface area contributed by atoms with Crippen molar-refractivity contribution >= 4 is 19.8 Å². The summed E-state index contributed by atoms with van der Waals surface area (Å²) in [6.45, 7) is 4.34. The number of rotatable bonds is 68. The molecule has 518 valence electrons. The van der Waals surface area contributed by atoms with E-state index in [-0.39, 0.29) is 32.0 Å². The molecule has 0 aliphatic heterocycles. The molecule has 2 unspecified atom stereocenters. The predicted molar refractivity (Wildman–Crippen MR) is 390 cm³/mol. The van der Waals surface area contributed by atoms with Crippen molar-refractivity contribution in [2.75, 3.05) is 47.5 Å². The monoisotopic (exact) mass is 1280 g/mol. The summed E-state index contributed by atoms with van der Waals surface area (Å²) in [4.78, 5) is 35.9. The summed E-state index contributed by atoms with van der Waals surface area (Å²) in [6, 6.07) is 0. The van der Waals surface area contributed by atoms with Crippen molar-refractivity contribution in [2.24, 2.45) is 0 Å². The number of likely N-dealkylation sites (N-methyl/N-ethyl adjacent to an activating group) is 1. The number of hydrogen-bond donors (Lipinski definition) is 1. The Bertz CT molecular complexity index is 1940. The van der Waals surface area contributed by atoms with Gasteiger partial charge in [0, 0.05) is 12.8 Å². The Hall–Kier alpha value is -3.59. The number of hydrogen-bond acceptors (Lipinski definition) is 7. The number of phosphoric acid groups is 1. The van der Waals surface area contributed by atoms with Crippen LogP contribution in [0.3, 0.4) is 0 Å². The van der Waals surface area contributed by atoms with Gasteiger partial charge in [-0.2, -0.15) is 0 Å². The maximum atomic E-state index is 12.9. The van der Waals surface area contributed by atoms with Crippen LogP contribution in [-0.4, -0.2) is 74.9 Å². The molecule has 0 aromatic heterocycles. The van der Waals surface area contributed by atoms with E-state index in [1.54, 1.807) is 0 Å². The fraction of sp³-hybridized carbons (Fsp3) is 0.725. The summed E-state index contributed by atoms with van der Waals surface area (Å²) in [7, 11) is 1.48. The number of carbonyl (C=O) groups excluding carboxylic acids is 2. The molecule has 2 atom stereocenters. The molecule has 9 nitrogen and oxygen atoms in total. The first-order valence-corrected chi connectivity index (χ1v) is 38.8. The zero-order valence-electron chi connectivity index (χ0n) is 59.1. The number of unbranched alkanes of at least 4 members (excludes halogenated alkanes) is 34. The molecule has 0 rings (SSSR count). The molecular weight excluding hydrogens is 1130 g/mol. The molecule has 0 radical (unpaired) electrons. The van der Waals surface area contributed by atoms with Crippen LogP contribution in [0.4, 0.5) is 0 Å². The highest BCUT2D eigenvalue weighted by atomic mass is 31.2. The van der Waals surface area contributed by atoms with Crippen molar-refractivity contribution in [2.45, 2.75) is 328 Å². The molecule has 1 N–H and O–H groups in total. The Labute approximate surface area is 556 Å². The van der Waals surface area contributed by atoms with E-state index in [0.717, 1.165) is 96.3 Å². The summed E-state index contributed by atoms with van der Waals surface area (Å²) >= 11 is 0. The van der Waals surface area contributed by atoms with Gasteiger partial charge in [-0.25, -0.2) is 4.57 Å². The highest BCUT2D eigenvalue weighted by molar-refractivity contribution is 7.47. The minimum Gasteiger partial charge on any atom is -0.462 e. The van der Waals surface area contributed by atoms with Crippen molar-refractivity contribution in [3.8, 4) is 0 Å². The van der Waals surface area contributed by atoms with Crippen molar-refractivity contribution in [1.29, 1.82) is 0 Å². The fourth-order valence-electron chi connectivity index (χ4n) is 10.3. The lowest BCUT2D eigenvalue weighted by atomic mass is 10.0. The molecule has 0 spiro atoms.